The Morgan fingerprint density at radius 3 is 2.26 bits per heavy atom. The molecule has 9 heteroatoms. The number of methoxy groups -OCH3 is 1. The van der Waals surface area contributed by atoms with Gasteiger partial charge in [0, 0.05) is 42.6 Å². The lowest BCUT2D eigenvalue weighted by molar-refractivity contribution is -0.124. The SMILES string of the molecule is COc1ccc(CNC(=O)c2cc3cc(NC(=O)c4cc(CNC(=O)C(C)C)ccc4Cl)ccc3n2C)cc1. The lowest BCUT2D eigenvalue weighted by Gasteiger charge is -2.11. The van der Waals surface area contributed by atoms with Crippen molar-refractivity contribution in [1.82, 2.24) is 15.2 Å². The van der Waals surface area contributed by atoms with E-state index in [0.29, 0.717) is 35.1 Å². The number of nitrogens with zero attached hydrogens (tertiary/aromatic N) is 1. The number of carbonyl (C=O) groups excluding carboxylic acids is 3. The normalized spacial score (nSPS) is 10.9. The molecule has 0 aliphatic carbocycles. The average Bonchev–Trinajstić information content (AvgIpc) is 3.26. The minimum absolute atomic E-state index is 0.0686. The Morgan fingerprint density at radius 1 is 0.872 bits per heavy atom. The highest BCUT2D eigenvalue weighted by molar-refractivity contribution is 6.34. The zero-order valence-electron chi connectivity index (χ0n) is 22.3. The summed E-state index contributed by atoms with van der Waals surface area (Å²) in [6.07, 6.45) is 0. The van der Waals surface area contributed by atoms with Crippen molar-refractivity contribution >= 4 is 45.9 Å². The second-order valence-electron chi connectivity index (χ2n) is 9.53. The van der Waals surface area contributed by atoms with Crippen LogP contribution in [0.2, 0.25) is 5.02 Å². The zero-order chi connectivity index (χ0) is 28.1. The number of benzene rings is 3. The predicted molar refractivity (Wildman–Crippen MR) is 153 cm³/mol. The second kappa shape index (κ2) is 12.0. The van der Waals surface area contributed by atoms with Crippen LogP contribution in [0.15, 0.2) is 66.7 Å². The number of anilines is 1. The van der Waals surface area contributed by atoms with Crippen molar-refractivity contribution in [3.05, 3.63) is 94.1 Å². The first kappa shape index (κ1) is 27.7. The number of fused-ring (bicyclic) bond motifs is 1. The molecule has 39 heavy (non-hydrogen) atoms. The molecule has 3 aromatic carbocycles. The number of carbonyl (C=O) groups is 3. The summed E-state index contributed by atoms with van der Waals surface area (Å²) in [5.41, 5.74) is 3.95. The highest BCUT2D eigenvalue weighted by Gasteiger charge is 2.16. The number of rotatable bonds is 9. The minimum atomic E-state index is -0.371. The van der Waals surface area contributed by atoms with Crippen LogP contribution in [0.4, 0.5) is 5.69 Å². The molecule has 0 atom stereocenters. The van der Waals surface area contributed by atoms with Gasteiger partial charge in [-0.1, -0.05) is 43.6 Å². The number of halogens is 1. The lowest BCUT2D eigenvalue weighted by atomic mass is 10.1. The first-order valence-corrected chi connectivity index (χ1v) is 12.9. The van der Waals surface area contributed by atoms with Crippen LogP contribution in [0.3, 0.4) is 0 Å². The Kier molecular flexibility index (Phi) is 8.56. The number of ether oxygens (including phenoxy) is 1. The van der Waals surface area contributed by atoms with Gasteiger partial charge in [-0.25, -0.2) is 0 Å². The van der Waals surface area contributed by atoms with Crippen LogP contribution in [0.25, 0.3) is 10.9 Å². The fraction of sp³-hybridized carbons (Fsp3) is 0.233. The van der Waals surface area contributed by atoms with E-state index in [1.165, 1.54) is 0 Å². The van der Waals surface area contributed by atoms with Crippen LogP contribution in [-0.4, -0.2) is 29.4 Å². The highest BCUT2D eigenvalue weighted by Crippen LogP contribution is 2.25. The molecule has 3 amide bonds. The van der Waals surface area contributed by atoms with E-state index in [2.05, 4.69) is 16.0 Å². The van der Waals surface area contributed by atoms with Crippen molar-refractivity contribution in [2.45, 2.75) is 26.9 Å². The maximum Gasteiger partial charge on any atom is 0.268 e. The summed E-state index contributed by atoms with van der Waals surface area (Å²) in [5, 5.41) is 9.79. The van der Waals surface area contributed by atoms with Crippen molar-refractivity contribution in [2.24, 2.45) is 13.0 Å². The molecule has 0 bridgehead atoms. The van der Waals surface area contributed by atoms with Crippen LogP contribution in [0, 0.1) is 5.92 Å². The number of nitrogens with one attached hydrogen (secondary N) is 3. The molecule has 0 aliphatic rings. The summed E-state index contributed by atoms with van der Waals surface area (Å²) in [5.74, 6) is -0.0197. The van der Waals surface area contributed by atoms with Gasteiger partial charge in [-0.3, -0.25) is 14.4 Å². The van der Waals surface area contributed by atoms with Gasteiger partial charge < -0.3 is 25.3 Å². The van der Waals surface area contributed by atoms with Crippen LogP contribution in [0.1, 0.15) is 45.8 Å². The maximum absolute atomic E-state index is 13.1. The molecule has 3 N–H and O–H groups in total. The van der Waals surface area contributed by atoms with E-state index < -0.39 is 0 Å². The molecule has 1 aromatic heterocycles. The van der Waals surface area contributed by atoms with E-state index in [4.69, 9.17) is 16.3 Å². The molecule has 4 rings (SSSR count). The van der Waals surface area contributed by atoms with Crippen molar-refractivity contribution in [3.63, 3.8) is 0 Å². The Hall–Kier alpha value is -4.30. The summed E-state index contributed by atoms with van der Waals surface area (Å²) in [6.45, 7) is 4.32. The highest BCUT2D eigenvalue weighted by atomic mass is 35.5. The third kappa shape index (κ3) is 6.59. The van der Waals surface area contributed by atoms with E-state index in [1.54, 1.807) is 37.4 Å². The fourth-order valence-electron chi connectivity index (χ4n) is 4.11. The van der Waals surface area contributed by atoms with Gasteiger partial charge in [-0.05, 0) is 59.7 Å². The van der Waals surface area contributed by atoms with Crippen LogP contribution in [0.5, 0.6) is 5.75 Å². The fourth-order valence-corrected chi connectivity index (χ4v) is 4.31. The van der Waals surface area contributed by atoms with Crippen LogP contribution >= 0.6 is 11.6 Å². The van der Waals surface area contributed by atoms with E-state index in [-0.39, 0.29) is 23.6 Å². The first-order valence-electron chi connectivity index (χ1n) is 12.5. The molecule has 0 saturated heterocycles. The van der Waals surface area contributed by atoms with E-state index in [0.717, 1.165) is 27.8 Å². The number of hydrogen-bond donors (Lipinski definition) is 3. The molecule has 0 saturated carbocycles. The molecule has 0 aliphatic heterocycles. The van der Waals surface area contributed by atoms with Gasteiger partial charge in [0.15, 0.2) is 0 Å². The van der Waals surface area contributed by atoms with Gasteiger partial charge in [0.2, 0.25) is 5.91 Å². The van der Waals surface area contributed by atoms with Crippen LogP contribution < -0.4 is 20.7 Å². The predicted octanol–water partition coefficient (Wildman–Crippen LogP) is 5.29. The van der Waals surface area contributed by atoms with Crippen molar-refractivity contribution < 1.29 is 19.1 Å². The number of hydrogen-bond acceptors (Lipinski definition) is 4. The van der Waals surface area contributed by atoms with E-state index in [1.807, 2.05) is 61.9 Å². The summed E-state index contributed by atoms with van der Waals surface area (Å²) < 4.78 is 6.99. The topological polar surface area (TPSA) is 101 Å². The number of aromatic nitrogens is 1. The molecule has 202 valence electrons. The summed E-state index contributed by atoms with van der Waals surface area (Å²) >= 11 is 6.31. The van der Waals surface area contributed by atoms with Gasteiger partial charge >= 0.3 is 0 Å². The third-order valence-corrected chi connectivity index (χ3v) is 6.74. The van der Waals surface area contributed by atoms with Gasteiger partial charge in [0.25, 0.3) is 11.8 Å². The molecule has 4 aromatic rings. The maximum atomic E-state index is 13.1. The van der Waals surface area contributed by atoms with E-state index in [9.17, 15) is 14.4 Å². The van der Waals surface area contributed by atoms with Gasteiger partial charge in [0.1, 0.15) is 11.4 Å². The quantitative estimate of drug-likeness (QED) is 0.265. The van der Waals surface area contributed by atoms with Gasteiger partial charge in [0.05, 0.1) is 17.7 Å². The number of aryl methyl sites for hydroxylation is 1. The van der Waals surface area contributed by atoms with Crippen molar-refractivity contribution in [3.8, 4) is 5.75 Å². The minimum Gasteiger partial charge on any atom is -0.497 e. The Labute approximate surface area is 232 Å². The summed E-state index contributed by atoms with van der Waals surface area (Å²) in [4.78, 5) is 37.9. The van der Waals surface area contributed by atoms with Gasteiger partial charge in [-0.2, -0.15) is 0 Å². The molecule has 1 heterocycles. The Bertz CT molecular complexity index is 1530. The van der Waals surface area contributed by atoms with E-state index >= 15 is 0 Å². The van der Waals surface area contributed by atoms with Crippen LogP contribution in [-0.2, 0) is 24.9 Å². The second-order valence-corrected chi connectivity index (χ2v) is 9.94. The smallest absolute Gasteiger partial charge is 0.268 e. The molecule has 0 fully saturated rings. The third-order valence-electron chi connectivity index (χ3n) is 6.41. The summed E-state index contributed by atoms with van der Waals surface area (Å²) in [7, 11) is 3.43. The number of amides is 3. The molecule has 0 radical (unpaired) electrons. The monoisotopic (exact) mass is 546 g/mol. The molecular weight excluding hydrogens is 516 g/mol. The standard InChI is InChI=1S/C30H31ClN4O4/c1-18(2)28(36)32-17-20-7-11-25(31)24(13-20)29(37)34-22-8-12-26-21(14-22)15-27(35(26)3)30(38)33-16-19-5-9-23(39-4)10-6-19/h5-15,18H,16-17H2,1-4H3,(H,32,36)(H,33,38)(H,34,37). The largest absolute Gasteiger partial charge is 0.497 e. The lowest BCUT2D eigenvalue weighted by Crippen LogP contribution is -2.27. The average molecular weight is 547 g/mol. The van der Waals surface area contributed by atoms with Gasteiger partial charge in [-0.15, -0.1) is 0 Å². The Balaban J connectivity index is 1.46. The molecule has 8 nitrogen and oxygen atoms in total. The Morgan fingerprint density at radius 2 is 1.56 bits per heavy atom. The summed E-state index contributed by atoms with van der Waals surface area (Å²) in [6, 6.07) is 19.8. The first-order chi connectivity index (χ1) is 18.7. The molecule has 0 spiro atoms. The van der Waals surface area contributed by atoms with Crippen molar-refractivity contribution in [2.75, 3.05) is 12.4 Å². The van der Waals surface area contributed by atoms with Crippen molar-refractivity contribution in [1.29, 1.82) is 0 Å². The molecule has 0 unspecified atom stereocenters. The molecular formula is C30H31ClN4O4. The zero-order valence-corrected chi connectivity index (χ0v) is 23.1.